The van der Waals surface area contributed by atoms with E-state index in [0.29, 0.717) is 6.61 Å². The highest BCUT2D eigenvalue weighted by molar-refractivity contribution is 7.90. The molecule has 13 heavy (non-hydrogen) atoms. The van der Waals surface area contributed by atoms with Gasteiger partial charge in [0.25, 0.3) is 0 Å². The van der Waals surface area contributed by atoms with Gasteiger partial charge in [0, 0.05) is 0 Å². The van der Waals surface area contributed by atoms with E-state index in [-0.39, 0.29) is 11.4 Å². The maximum atomic E-state index is 9.43. The molecule has 0 aromatic rings. The second-order valence-electron chi connectivity index (χ2n) is 3.70. The van der Waals surface area contributed by atoms with Crippen LogP contribution in [0.2, 0.25) is 0 Å². The number of aliphatic hydroxyl groups is 1. The standard InChI is InChI=1S/C9H11O2S.Al.2H/c1-7-3-4-8(12-2)6-11-9(7,8)5-10;;;/h1-2,10H,3-6H2;;;/t8-,9+;;;/m1.../s1. The molecule has 0 radical (unpaired) electrons. The smallest absolute Gasteiger partial charge is 0.246 e. The number of ether oxygens (including phenoxy) is 1. The molecule has 0 bridgehead atoms. The van der Waals surface area contributed by atoms with Gasteiger partial charge in [0.1, 0.15) is 5.60 Å². The Hall–Kier alpha value is 0.192. The lowest BCUT2D eigenvalue weighted by Crippen LogP contribution is -2.65. The summed E-state index contributed by atoms with van der Waals surface area (Å²) in [5.74, 6) is 0. The monoisotopic (exact) mass is 212 g/mol. The first-order valence-electron chi connectivity index (χ1n) is 4.53. The Labute approximate surface area is 90.0 Å². The molecule has 1 heterocycles. The van der Waals surface area contributed by atoms with Gasteiger partial charge in [0.15, 0.2) is 0 Å². The van der Waals surface area contributed by atoms with E-state index in [0.717, 1.165) is 29.1 Å². The minimum absolute atomic E-state index is 0.0298. The largest absolute Gasteiger partial charge is 0.393 e. The van der Waals surface area contributed by atoms with E-state index in [1.807, 2.05) is 0 Å². The van der Waals surface area contributed by atoms with E-state index in [1.165, 1.54) is 16.7 Å². The highest BCUT2D eigenvalue weighted by Gasteiger charge is 2.65. The number of rotatable bonds is 1. The van der Waals surface area contributed by atoms with Crippen molar-refractivity contribution in [2.75, 3.05) is 13.2 Å². The number of hydrogen-bond acceptors (Lipinski definition) is 2. The van der Waals surface area contributed by atoms with Crippen LogP contribution in [-0.2, 0) is 4.74 Å². The first-order chi connectivity index (χ1) is 6.24. The molecule has 1 aliphatic heterocycles. The van der Waals surface area contributed by atoms with Crippen LogP contribution in [0.4, 0.5) is 0 Å². The summed E-state index contributed by atoms with van der Waals surface area (Å²) in [4.78, 5) is 2.19. The summed E-state index contributed by atoms with van der Waals surface area (Å²) in [6, 6.07) is 0. The first-order valence-corrected chi connectivity index (χ1v) is 6.56. The average Bonchev–Trinajstić information content (AvgIpc) is 2.35. The molecule has 2 atom stereocenters. The Morgan fingerprint density at radius 2 is 2.54 bits per heavy atom. The summed E-state index contributed by atoms with van der Waals surface area (Å²) in [6.07, 6.45) is 2.08. The van der Waals surface area contributed by atoms with Crippen molar-refractivity contribution in [2.24, 2.45) is 0 Å². The molecule has 2 fully saturated rings. The van der Waals surface area contributed by atoms with Crippen LogP contribution in [0.1, 0.15) is 12.8 Å². The fraction of sp³-hybridized carbons (Fsp3) is 0.667. The van der Waals surface area contributed by atoms with Gasteiger partial charge >= 0.3 is 0 Å². The molecule has 2 nitrogen and oxygen atoms in total. The molecule has 0 spiro atoms. The van der Waals surface area contributed by atoms with Crippen LogP contribution in [-0.4, -0.2) is 45.0 Å². The summed E-state index contributed by atoms with van der Waals surface area (Å²) in [6.45, 7) is 0.763. The molecule has 70 valence electrons. The lowest BCUT2D eigenvalue weighted by atomic mass is 9.83. The van der Waals surface area contributed by atoms with Gasteiger partial charge in [0.2, 0.25) is 16.3 Å². The van der Waals surface area contributed by atoms with E-state index in [1.54, 1.807) is 0 Å². The van der Waals surface area contributed by atoms with Crippen molar-refractivity contribution in [3.63, 3.8) is 0 Å². The third-order valence-electron chi connectivity index (χ3n) is 3.40. The SMILES string of the molecule is C#S[C@@]12CC/C(=[CH]\[AlH2])[C@]1(CO)OC2. The van der Waals surface area contributed by atoms with E-state index in [9.17, 15) is 5.11 Å². The van der Waals surface area contributed by atoms with E-state index in [2.05, 4.69) is 4.94 Å². The average molecular weight is 212 g/mol. The van der Waals surface area contributed by atoms with E-state index < -0.39 is 5.60 Å². The Bertz CT molecular complexity index is 305. The van der Waals surface area contributed by atoms with Crippen molar-refractivity contribution < 1.29 is 9.84 Å². The molecule has 0 aromatic heterocycles. The van der Waals surface area contributed by atoms with Crippen molar-refractivity contribution in [2.45, 2.75) is 23.2 Å². The zero-order chi connectivity index (χ0) is 9.53. The predicted molar refractivity (Wildman–Crippen MR) is 56.9 cm³/mol. The number of fused-ring (bicyclic) bond motifs is 1. The molecule has 2 aliphatic rings. The zero-order valence-corrected chi connectivity index (χ0v) is 10.6. The number of hydrogen-bond donors (Lipinski definition) is 1. The summed E-state index contributed by atoms with van der Waals surface area (Å²) < 4.78 is 5.56. The van der Waals surface area contributed by atoms with Crippen molar-refractivity contribution in [1.82, 2.24) is 0 Å². The fourth-order valence-electron chi connectivity index (χ4n) is 2.46. The third-order valence-corrected chi connectivity index (χ3v) is 5.20. The van der Waals surface area contributed by atoms with Gasteiger partial charge in [-0.3, -0.25) is 0 Å². The van der Waals surface area contributed by atoms with Gasteiger partial charge in [-0.25, -0.2) is 0 Å². The van der Waals surface area contributed by atoms with Crippen molar-refractivity contribution in [3.8, 4) is 5.69 Å². The Balaban J connectivity index is 2.43. The quantitative estimate of drug-likeness (QED) is 0.626. The van der Waals surface area contributed by atoms with E-state index >= 15 is 0 Å². The highest BCUT2D eigenvalue weighted by Crippen LogP contribution is 2.57. The molecule has 0 aromatic carbocycles. The summed E-state index contributed by atoms with van der Waals surface area (Å²) in [7, 11) is 0. The second kappa shape index (κ2) is 3.10. The molecule has 0 amide bonds. The first kappa shape index (κ1) is 9.74. The van der Waals surface area contributed by atoms with Crippen LogP contribution in [0, 0.1) is 5.69 Å². The molecule has 1 saturated heterocycles. The zero-order valence-electron chi connectivity index (χ0n) is 7.75. The molecular formula is C9H13AlO2S. The van der Waals surface area contributed by atoms with Crippen LogP contribution in [0.5, 0.6) is 0 Å². The summed E-state index contributed by atoms with van der Waals surface area (Å²) in [5.41, 5.74) is 6.54. The Morgan fingerprint density at radius 3 is 2.92 bits per heavy atom. The molecule has 4 heteroatoms. The second-order valence-corrected chi connectivity index (χ2v) is 5.29. The van der Waals surface area contributed by atoms with Gasteiger partial charge < -0.3 is 9.84 Å². The van der Waals surface area contributed by atoms with Gasteiger partial charge in [-0.1, -0.05) is 5.57 Å². The molecule has 1 aliphatic carbocycles. The van der Waals surface area contributed by atoms with Crippen LogP contribution in [0.25, 0.3) is 0 Å². The van der Waals surface area contributed by atoms with Crippen LogP contribution in [0.3, 0.4) is 0 Å². The lowest BCUT2D eigenvalue weighted by molar-refractivity contribution is -0.164. The summed E-state index contributed by atoms with van der Waals surface area (Å²) >= 11 is 2.38. The van der Waals surface area contributed by atoms with Crippen LogP contribution in [0.15, 0.2) is 10.5 Å². The van der Waals surface area contributed by atoms with Crippen molar-refractivity contribution in [1.29, 1.82) is 0 Å². The normalized spacial score (nSPS) is 45.7. The van der Waals surface area contributed by atoms with Gasteiger partial charge in [-0.15, -0.1) is 16.9 Å². The lowest BCUT2D eigenvalue weighted by Gasteiger charge is -2.51. The van der Waals surface area contributed by atoms with Gasteiger partial charge in [-0.2, -0.15) is 4.94 Å². The summed E-state index contributed by atoms with van der Waals surface area (Å²) in [5, 5.41) is 9.43. The Kier molecular flexibility index (Phi) is 2.32. The predicted octanol–water partition coefficient (Wildman–Crippen LogP) is 0.119. The van der Waals surface area contributed by atoms with Crippen molar-refractivity contribution >= 4 is 27.5 Å². The molecule has 1 saturated carbocycles. The Morgan fingerprint density at radius 1 is 1.77 bits per heavy atom. The minimum atomic E-state index is -0.422. The van der Waals surface area contributed by atoms with Crippen LogP contribution < -0.4 is 0 Å². The molecule has 0 unspecified atom stereocenters. The highest BCUT2D eigenvalue weighted by atomic mass is 32.1. The third kappa shape index (κ3) is 0.967. The maximum Gasteiger partial charge on any atom is 0.246 e. The number of aliphatic hydroxyl groups excluding tert-OH is 1. The van der Waals surface area contributed by atoms with E-state index in [4.69, 9.17) is 10.4 Å². The van der Waals surface area contributed by atoms with Gasteiger partial charge in [-0.05, 0) is 12.8 Å². The van der Waals surface area contributed by atoms with Crippen LogP contribution >= 0.6 is 11.2 Å². The molecule has 2 rings (SSSR count). The molecular weight excluding hydrogens is 199 g/mol. The van der Waals surface area contributed by atoms with Crippen molar-refractivity contribution in [3.05, 3.63) is 10.5 Å². The topological polar surface area (TPSA) is 29.5 Å². The van der Waals surface area contributed by atoms with Gasteiger partial charge in [0.05, 0.1) is 18.0 Å². The molecule has 1 N–H and O–H groups in total. The minimum Gasteiger partial charge on any atom is -0.393 e. The fourth-order valence-corrected chi connectivity index (χ4v) is 4.01. The maximum absolute atomic E-state index is 9.43.